The summed E-state index contributed by atoms with van der Waals surface area (Å²) in [7, 11) is -3.89. The standard InChI is InChI=1S/C39H50N6O9S2/c1-38(2)33(40)36(50)45-23-26(21-31(45)35(49)43-39(22-25(39)11-5-7-19-55-38)37(51)44-56(52,53)28-16-17-28)41-34(48)30-14-9-13-29(42-30)24-10-8-12-27(20-24)54-18-6-3-4-15-32(46)47/h5,8-14,20,25-26,28,31,33H,3-4,6-7,15-19,21-23,40H2,1-2H3,(H,41,48)(H,43,49)(H,44,51)(H,46,47)/b11-5+/t25-,26-,31+,33-,39-/m1/s1. The Morgan fingerprint density at radius 3 is 2.62 bits per heavy atom. The lowest BCUT2D eigenvalue weighted by molar-refractivity contribution is -0.141. The van der Waals surface area contributed by atoms with E-state index in [0.29, 0.717) is 61.5 Å². The minimum absolute atomic E-state index is 0.0227. The average Bonchev–Trinajstić information content (AvgIpc) is 4.09. The summed E-state index contributed by atoms with van der Waals surface area (Å²) in [5.74, 6) is -2.44. The highest BCUT2D eigenvalue weighted by Crippen LogP contribution is 2.46. The molecule has 6 N–H and O–H groups in total. The van der Waals surface area contributed by atoms with E-state index in [0.717, 1.165) is 6.42 Å². The molecule has 0 bridgehead atoms. The molecule has 1 aromatic heterocycles. The predicted octanol–water partition coefficient (Wildman–Crippen LogP) is 2.75. The highest BCUT2D eigenvalue weighted by Gasteiger charge is 2.62. The van der Waals surface area contributed by atoms with Crippen LogP contribution < -0.4 is 25.8 Å². The molecule has 2 saturated carbocycles. The van der Waals surface area contributed by atoms with Gasteiger partial charge in [0.15, 0.2) is 0 Å². The third-order valence-electron chi connectivity index (χ3n) is 10.7. The number of nitrogens with zero attached hydrogens (tertiary/aromatic N) is 2. The van der Waals surface area contributed by atoms with Gasteiger partial charge >= 0.3 is 5.97 Å². The van der Waals surface area contributed by atoms with E-state index in [-0.39, 0.29) is 31.5 Å². The molecule has 2 aliphatic carbocycles. The first-order valence-corrected chi connectivity index (χ1v) is 21.6. The van der Waals surface area contributed by atoms with Crippen molar-refractivity contribution in [3.05, 3.63) is 60.3 Å². The van der Waals surface area contributed by atoms with E-state index in [1.54, 1.807) is 24.3 Å². The number of carboxylic acid groups (broad SMARTS) is 1. The third kappa shape index (κ3) is 9.72. The van der Waals surface area contributed by atoms with E-state index < -0.39 is 79.2 Å². The van der Waals surface area contributed by atoms with Crippen LogP contribution in [0.25, 0.3) is 11.3 Å². The van der Waals surface area contributed by atoms with Crippen LogP contribution in [-0.2, 0) is 29.2 Å². The summed E-state index contributed by atoms with van der Waals surface area (Å²) in [6.45, 7) is 4.16. The first-order chi connectivity index (χ1) is 26.6. The number of nitrogens with one attached hydrogen (secondary N) is 3. The number of thioether (sulfide) groups is 1. The number of pyridine rings is 1. The molecular formula is C39H50N6O9S2. The van der Waals surface area contributed by atoms with Gasteiger partial charge in [0.2, 0.25) is 21.8 Å². The lowest BCUT2D eigenvalue weighted by atomic mass is 10.0. The fourth-order valence-corrected chi connectivity index (χ4v) is 9.51. The maximum Gasteiger partial charge on any atom is 0.303 e. The Balaban J connectivity index is 1.17. The number of aromatic nitrogens is 1. The fraction of sp³-hybridized carbons (Fsp3) is 0.538. The molecule has 0 spiro atoms. The Morgan fingerprint density at radius 1 is 1.11 bits per heavy atom. The molecule has 0 unspecified atom stereocenters. The first kappa shape index (κ1) is 41.2. The van der Waals surface area contributed by atoms with Gasteiger partial charge in [-0.3, -0.25) is 28.7 Å². The van der Waals surface area contributed by atoms with Crippen molar-refractivity contribution in [3.63, 3.8) is 0 Å². The summed E-state index contributed by atoms with van der Waals surface area (Å²) in [6, 6.07) is 9.53. The number of unbranched alkanes of at least 4 members (excludes halogenated alkanes) is 2. The van der Waals surface area contributed by atoms with Crippen molar-refractivity contribution in [2.24, 2.45) is 11.7 Å². The van der Waals surface area contributed by atoms with Crippen molar-refractivity contribution in [2.45, 2.75) is 105 Å². The zero-order valence-corrected chi connectivity index (χ0v) is 33.2. The number of fused-ring (bicyclic) bond motifs is 2. The second kappa shape index (κ2) is 16.9. The third-order valence-corrected chi connectivity index (χ3v) is 14.0. The molecule has 2 aliphatic heterocycles. The second-order valence-electron chi connectivity index (χ2n) is 15.5. The summed E-state index contributed by atoms with van der Waals surface area (Å²) < 4.78 is 32.8. The molecule has 3 fully saturated rings. The van der Waals surface area contributed by atoms with Gasteiger partial charge in [-0.2, -0.15) is 11.8 Å². The van der Waals surface area contributed by atoms with Crippen LogP contribution >= 0.6 is 11.8 Å². The molecule has 1 saturated heterocycles. The number of sulfonamides is 1. The number of hydrogen-bond acceptors (Lipinski definition) is 11. The number of carbonyl (C=O) groups excluding carboxylic acids is 4. The van der Waals surface area contributed by atoms with Crippen LogP contribution in [0.3, 0.4) is 0 Å². The van der Waals surface area contributed by atoms with Crippen LogP contribution in [0.15, 0.2) is 54.6 Å². The van der Waals surface area contributed by atoms with Gasteiger partial charge in [-0.25, -0.2) is 13.4 Å². The van der Waals surface area contributed by atoms with Crippen molar-refractivity contribution in [1.82, 2.24) is 25.2 Å². The number of nitrogens with two attached hydrogens (primary N) is 1. The first-order valence-electron chi connectivity index (χ1n) is 19.1. The van der Waals surface area contributed by atoms with Gasteiger partial charge in [0.05, 0.1) is 23.6 Å². The number of amides is 4. The van der Waals surface area contributed by atoms with Gasteiger partial charge < -0.3 is 31.1 Å². The quantitative estimate of drug-likeness (QED) is 0.145. The van der Waals surface area contributed by atoms with Crippen molar-refractivity contribution >= 4 is 51.4 Å². The number of rotatable bonds is 13. The normalized spacial score (nSPS) is 26.8. The maximum absolute atomic E-state index is 14.1. The number of aliphatic carboxylic acids is 1. The second-order valence-corrected chi connectivity index (χ2v) is 19.2. The smallest absolute Gasteiger partial charge is 0.303 e. The molecule has 302 valence electrons. The van der Waals surface area contributed by atoms with Gasteiger partial charge in [-0.15, -0.1) is 0 Å². The molecule has 1 aromatic carbocycles. The largest absolute Gasteiger partial charge is 0.494 e. The maximum atomic E-state index is 14.1. The molecule has 6 rings (SSSR count). The zero-order valence-electron chi connectivity index (χ0n) is 31.6. The number of hydrogen-bond donors (Lipinski definition) is 5. The molecule has 3 heterocycles. The van der Waals surface area contributed by atoms with Crippen LogP contribution in [0.5, 0.6) is 5.75 Å². The van der Waals surface area contributed by atoms with E-state index in [4.69, 9.17) is 15.6 Å². The topological polar surface area (TPSA) is 227 Å². The lowest BCUT2D eigenvalue weighted by Gasteiger charge is -2.35. The number of carbonyl (C=O) groups is 5. The van der Waals surface area contributed by atoms with Gasteiger partial charge in [-0.05, 0) is 95.2 Å². The Hall–Kier alpha value is -4.48. The van der Waals surface area contributed by atoms with Crippen LogP contribution in [0.2, 0.25) is 0 Å². The SMILES string of the molecule is CC1(C)SCC/C=C/[C@@H]2C[C@@]2(C(=O)NS(=O)(=O)C2CC2)NC(=O)[C@@H]2C[C@@H](NC(=O)c3cccc(-c4cccc(OCCCCCC(=O)O)c4)n3)CN2C(=O)[C@H]1N. The number of ether oxygens (including phenoxy) is 1. The minimum Gasteiger partial charge on any atom is -0.494 e. The van der Waals surface area contributed by atoms with E-state index in [2.05, 4.69) is 20.3 Å². The zero-order chi connectivity index (χ0) is 40.3. The molecule has 17 heteroatoms. The van der Waals surface area contributed by atoms with Crippen molar-refractivity contribution in [2.75, 3.05) is 18.9 Å². The lowest BCUT2D eigenvalue weighted by Crippen LogP contribution is -2.59. The van der Waals surface area contributed by atoms with Crippen LogP contribution in [0.4, 0.5) is 0 Å². The van der Waals surface area contributed by atoms with Gasteiger partial charge in [0, 0.05) is 35.2 Å². The van der Waals surface area contributed by atoms with Crippen molar-refractivity contribution in [3.8, 4) is 17.0 Å². The summed E-state index contributed by atoms with van der Waals surface area (Å²) in [5.41, 5.74) is 6.43. The molecular weight excluding hydrogens is 761 g/mol. The van der Waals surface area contributed by atoms with Crippen molar-refractivity contribution < 1.29 is 42.2 Å². The molecule has 2 aromatic rings. The fourth-order valence-electron chi connectivity index (χ4n) is 7.09. The van der Waals surface area contributed by atoms with Gasteiger partial charge in [-0.1, -0.05) is 30.4 Å². The van der Waals surface area contributed by atoms with Crippen LogP contribution in [-0.4, -0.2) is 106 Å². The van der Waals surface area contributed by atoms with E-state index >= 15 is 0 Å². The number of carboxylic acids is 1. The minimum atomic E-state index is -3.89. The monoisotopic (exact) mass is 810 g/mol. The summed E-state index contributed by atoms with van der Waals surface area (Å²) in [4.78, 5) is 72.2. The van der Waals surface area contributed by atoms with E-state index in [9.17, 15) is 32.4 Å². The Bertz CT molecular complexity index is 1990. The van der Waals surface area contributed by atoms with E-state index in [1.807, 2.05) is 44.2 Å². The molecule has 15 nitrogen and oxygen atoms in total. The predicted molar refractivity (Wildman–Crippen MR) is 210 cm³/mol. The molecule has 5 atom stereocenters. The summed E-state index contributed by atoms with van der Waals surface area (Å²) in [5, 5.41) is 13.9. The molecule has 56 heavy (non-hydrogen) atoms. The summed E-state index contributed by atoms with van der Waals surface area (Å²) >= 11 is 1.52. The highest BCUT2D eigenvalue weighted by atomic mass is 32.2. The van der Waals surface area contributed by atoms with E-state index in [1.165, 1.54) is 16.7 Å². The molecule has 4 amide bonds. The van der Waals surface area contributed by atoms with Crippen LogP contribution in [0, 0.1) is 5.92 Å². The summed E-state index contributed by atoms with van der Waals surface area (Å²) in [6.07, 6.45) is 7.66. The Kier molecular flexibility index (Phi) is 12.5. The average molecular weight is 811 g/mol. The number of allylic oxidation sites excluding steroid dienone is 1. The van der Waals surface area contributed by atoms with Crippen LogP contribution in [0.1, 0.15) is 82.1 Å². The van der Waals surface area contributed by atoms with Gasteiger partial charge in [0.25, 0.3) is 11.8 Å². The Morgan fingerprint density at radius 2 is 1.88 bits per heavy atom. The Labute approximate surface area is 331 Å². The highest BCUT2D eigenvalue weighted by molar-refractivity contribution is 8.00. The molecule has 4 aliphatic rings. The van der Waals surface area contributed by atoms with Crippen molar-refractivity contribution in [1.29, 1.82) is 0 Å². The molecule has 0 radical (unpaired) electrons. The van der Waals surface area contributed by atoms with Gasteiger partial charge in [0.1, 0.15) is 23.0 Å². The number of benzene rings is 1.